The molecule has 0 spiro atoms. The summed E-state index contributed by atoms with van der Waals surface area (Å²) in [6.07, 6.45) is 6.99. The van der Waals surface area contributed by atoms with Crippen molar-refractivity contribution in [2.45, 2.75) is 64.2 Å². The molecule has 2 heteroatoms. The second kappa shape index (κ2) is 7.56. The molecular weight excluding hydrogens is 202 g/mol. The maximum absolute atomic E-state index is 3.69. The molecule has 1 aliphatic heterocycles. The molecule has 1 saturated heterocycles. The lowest BCUT2D eigenvalue weighted by atomic mass is 10.0. The molecule has 0 aromatic rings. The lowest BCUT2D eigenvalue weighted by Gasteiger charge is -2.24. The van der Waals surface area contributed by atoms with Gasteiger partial charge in [-0.3, -0.25) is 0 Å². The highest BCUT2D eigenvalue weighted by Crippen LogP contribution is 2.24. The monoisotopic (exact) mass is 229 g/mol. The van der Waals surface area contributed by atoms with Gasteiger partial charge in [0.25, 0.3) is 0 Å². The van der Waals surface area contributed by atoms with Crippen molar-refractivity contribution in [2.24, 2.45) is 5.92 Å². The summed E-state index contributed by atoms with van der Waals surface area (Å²) in [5.41, 5.74) is 0. The second-order valence-electron chi connectivity index (χ2n) is 5.27. The van der Waals surface area contributed by atoms with Gasteiger partial charge in [0.15, 0.2) is 0 Å². The first-order chi connectivity index (χ1) is 7.18. The van der Waals surface area contributed by atoms with Crippen LogP contribution >= 0.6 is 11.8 Å². The van der Waals surface area contributed by atoms with Crippen LogP contribution in [0.25, 0.3) is 0 Å². The Bertz CT molecular complexity index is 153. The molecule has 90 valence electrons. The largest absolute Gasteiger partial charge is 0.313 e. The van der Waals surface area contributed by atoms with Crippen molar-refractivity contribution >= 4 is 11.8 Å². The highest BCUT2D eigenvalue weighted by atomic mass is 32.2. The maximum Gasteiger partial charge on any atom is 0.0172 e. The van der Waals surface area contributed by atoms with Crippen LogP contribution < -0.4 is 5.32 Å². The molecule has 2 unspecified atom stereocenters. The van der Waals surface area contributed by atoms with Crippen molar-refractivity contribution in [3.8, 4) is 0 Å². The Kier molecular flexibility index (Phi) is 6.74. The zero-order chi connectivity index (χ0) is 11.1. The molecule has 0 saturated carbocycles. The first-order valence-electron chi connectivity index (χ1n) is 6.53. The van der Waals surface area contributed by atoms with E-state index < -0.39 is 0 Å². The topological polar surface area (TPSA) is 12.0 Å². The fourth-order valence-corrected chi connectivity index (χ4v) is 3.24. The van der Waals surface area contributed by atoms with E-state index in [0.717, 1.165) is 11.2 Å². The van der Waals surface area contributed by atoms with E-state index in [-0.39, 0.29) is 0 Å². The van der Waals surface area contributed by atoms with E-state index in [1.807, 2.05) is 0 Å². The second-order valence-corrected chi connectivity index (χ2v) is 6.68. The number of rotatable bonds is 6. The highest BCUT2D eigenvalue weighted by Gasteiger charge is 2.14. The van der Waals surface area contributed by atoms with E-state index in [9.17, 15) is 0 Å². The minimum atomic E-state index is 0.704. The lowest BCUT2D eigenvalue weighted by Crippen LogP contribution is -2.33. The van der Waals surface area contributed by atoms with Crippen LogP contribution in [0.1, 0.15) is 52.9 Å². The Balaban J connectivity index is 2.02. The van der Waals surface area contributed by atoms with Crippen molar-refractivity contribution in [1.29, 1.82) is 0 Å². The summed E-state index contributed by atoms with van der Waals surface area (Å²) < 4.78 is 0. The Morgan fingerprint density at radius 1 is 1.20 bits per heavy atom. The zero-order valence-electron chi connectivity index (χ0n) is 10.6. The van der Waals surface area contributed by atoms with Crippen LogP contribution in [0.5, 0.6) is 0 Å². The van der Waals surface area contributed by atoms with Gasteiger partial charge in [0.05, 0.1) is 0 Å². The van der Waals surface area contributed by atoms with Crippen LogP contribution in [0.4, 0.5) is 0 Å². The zero-order valence-corrected chi connectivity index (χ0v) is 11.4. The standard InChI is InChI=1S/C13H27NS/c1-11(2)7-8-12(3)14-10-13-6-4-5-9-15-13/h11-14H,4-10H2,1-3H3. The first-order valence-corrected chi connectivity index (χ1v) is 7.58. The maximum atomic E-state index is 3.69. The van der Waals surface area contributed by atoms with Crippen LogP contribution in [0.3, 0.4) is 0 Å². The molecule has 1 nitrogen and oxygen atoms in total. The van der Waals surface area contributed by atoms with Crippen LogP contribution in [0.2, 0.25) is 0 Å². The van der Waals surface area contributed by atoms with E-state index in [1.165, 1.54) is 44.4 Å². The molecule has 2 atom stereocenters. The lowest BCUT2D eigenvalue weighted by molar-refractivity contribution is 0.445. The average Bonchev–Trinajstić information content (AvgIpc) is 2.25. The molecule has 1 rings (SSSR count). The SMILES string of the molecule is CC(C)CCC(C)NCC1CCCCS1. The highest BCUT2D eigenvalue weighted by molar-refractivity contribution is 7.99. The van der Waals surface area contributed by atoms with Gasteiger partial charge in [-0.1, -0.05) is 20.3 Å². The molecule has 0 aromatic heterocycles. The number of hydrogen-bond donors (Lipinski definition) is 1. The minimum Gasteiger partial charge on any atom is -0.313 e. The summed E-state index contributed by atoms with van der Waals surface area (Å²) in [6.45, 7) is 8.17. The van der Waals surface area contributed by atoms with E-state index in [2.05, 4.69) is 37.8 Å². The Hall–Kier alpha value is 0.310. The fourth-order valence-electron chi connectivity index (χ4n) is 1.99. The molecular formula is C13H27NS. The molecule has 0 aromatic carbocycles. The Morgan fingerprint density at radius 3 is 2.60 bits per heavy atom. The van der Waals surface area contributed by atoms with E-state index in [0.29, 0.717) is 6.04 Å². The smallest absolute Gasteiger partial charge is 0.0172 e. The summed E-state index contributed by atoms with van der Waals surface area (Å²) in [5, 5.41) is 4.58. The van der Waals surface area contributed by atoms with E-state index in [1.54, 1.807) is 0 Å². The van der Waals surface area contributed by atoms with Crippen molar-refractivity contribution < 1.29 is 0 Å². The quantitative estimate of drug-likeness (QED) is 0.745. The first kappa shape index (κ1) is 13.4. The summed E-state index contributed by atoms with van der Waals surface area (Å²) in [6, 6.07) is 0.704. The molecule has 0 aliphatic carbocycles. The molecule has 1 heterocycles. The summed E-state index contributed by atoms with van der Waals surface area (Å²) in [4.78, 5) is 0. The van der Waals surface area contributed by atoms with Crippen molar-refractivity contribution in [2.75, 3.05) is 12.3 Å². The van der Waals surface area contributed by atoms with Crippen molar-refractivity contribution in [3.63, 3.8) is 0 Å². The Morgan fingerprint density at radius 2 is 2.00 bits per heavy atom. The van der Waals surface area contributed by atoms with Gasteiger partial charge in [-0.2, -0.15) is 11.8 Å². The number of hydrogen-bond acceptors (Lipinski definition) is 2. The third-order valence-electron chi connectivity index (χ3n) is 3.15. The van der Waals surface area contributed by atoms with Crippen LogP contribution in [-0.2, 0) is 0 Å². The van der Waals surface area contributed by atoms with Crippen LogP contribution in [-0.4, -0.2) is 23.6 Å². The number of thioether (sulfide) groups is 1. The molecule has 0 radical (unpaired) electrons. The predicted octanol–water partition coefficient (Wildman–Crippen LogP) is 3.69. The third-order valence-corrected chi connectivity index (χ3v) is 4.54. The minimum absolute atomic E-state index is 0.704. The van der Waals surface area contributed by atoms with Gasteiger partial charge in [0, 0.05) is 17.8 Å². The van der Waals surface area contributed by atoms with Gasteiger partial charge >= 0.3 is 0 Å². The van der Waals surface area contributed by atoms with Crippen molar-refractivity contribution in [1.82, 2.24) is 5.32 Å². The van der Waals surface area contributed by atoms with Gasteiger partial charge in [-0.25, -0.2) is 0 Å². The van der Waals surface area contributed by atoms with Crippen LogP contribution in [0.15, 0.2) is 0 Å². The van der Waals surface area contributed by atoms with E-state index >= 15 is 0 Å². The van der Waals surface area contributed by atoms with Gasteiger partial charge in [-0.15, -0.1) is 0 Å². The number of nitrogens with one attached hydrogen (secondary N) is 1. The molecule has 1 aliphatic rings. The molecule has 0 bridgehead atoms. The van der Waals surface area contributed by atoms with Crippen molar-refractivity contribution in [3.05, 3.63) is 0 Å². The van der Waals surface area contributed by atoms with Gasteiger partial charge < -0.3 is 5.32 Å². The van der Waals surface area contributed by atoms with Crippen LogP contribution in [0, 0.1) is 5.92 Å². The third kappa shape index (κ3) is 6.47. The van der Waals surface area contributed by atoms with Gasteiger partial charge in [-0.05, 0) is 44.3 Å². The van der Waals surface area contributed by atoms with Gasteiger partial charge in [0.1, 0.15) is 0 Å². The predicted molar refractivity (Wildman–Crippen MR) is 71.6 cm³/mol. The Labute approximate surface area is 99.8 Å². The van der Waals surface area contributed by atoms with E-state index in [4.69, 9.17) is 0 Å². The molecule has 1 fully saturated rings. The normalized spacial score (nSPS) is 24.4. The average molecular weight is 229 g/mol. The summed E-state index contributed by atoms with van der Waals surface area (Å²) >= 11 is 2.17. The fraction of sp³-hybridized carbons (Fsp3) is 1.00. The summed E-state index contributed by atoms with van der Waals surface area (Å²) in [7, 11) is 0. The molecule has 1 N–H and O–H groups in total. The van der Waals surface area contributed by atoms with Gasteiger partial charge in [0.2, 0.25) is 0 Å². The molecule has 15 heavy (non-hydrogen) atoms. The molecule has 0 amide bonds. The summed E-state index contributed by atoms with van der Waals surface area (Å²) in [5.74, 6) is 2.23.